The highest BCUT2D eigenvalue weighted by Gasteiger charge is 2.16. The van der Waals surface area contributed by atoms with Gasteiger partial charge in [-0.25, -0.2) is 0 Å². The molecule has 1 aromatic rings. The zero-order valence-electron chi connectivity index (χ0n) is 8.14. The highest BCUT2D eigenvalue weighted by molar-refractivity contribution is 5.21. The molecule has 0 aliphatic carbocycles. The van der Waals surface area contributed by atoms with Crippen LogP contribution in [0, 0.1) is 13.8 Å². The first-order chi connectivity index (χ1) is 5.38. The van der Waals surface area contributed by atoms with Crippen molar-refractivity contribution in [2.45, 2.75) is 39.7 Å². The molecule has 0 bridgehead atoms. The van der Waals surface area contributed by atoms with Gasteiger partial charge in [-0.05, 0) is 39.3 Å². The van der Waals surface area contributed by atoms with Crippen LogP contribution in [0.15, 0.2) is 10.5 Å². The van der Waals surface area contributed by atoms with Crippen LogP contribution in [0.3, 0.4) is 0 Å². The summed E-state index contributed by atoms with van der Waals surface area (Å²) in [4.78, 5) is 0. The fraction of sp³-hybridized carbons (Fsp3) is 0.600. The minimum Gasteiger partial charge on any atom is -0.466 e. The van der Waals surface area contributed by atoms with Crippen molar-refractivity contribution >= 4 is 0 Å². The Morgan fingerprint density at radius 1 is 1.42 bits per heavy atom. The molecule has 1 heterocycles. The predicted molar refractivity (Wildman–Crippen MR) is 48.2 cm³/mol. The van der Waals surface area contributed by atoms with Gasteiger partial charge in [-0.2, -0.15) is 0 Å². The fourth-order valence-corrected chi connectivity index (χ4v) is 1.33. The van der Waals surface area contributed by atoms with E-state index in [2.05, 4.69) is 0 Å². The van der Waals surface area contributed by atoms with E-state index in [1.807, 2.05) is 19.9 Å². The molecule has 2 heteroatoms. The highest BCUT2D eigenvalue weighted by atomic mass is 16.3. The second kappa shape index (κ2) is 2.94. The molecule has 1 aromatic heterocycles. The summed E-state index contributed by atoms with van der Waals surface area (Å²) in [5.74, 6) is 1.82. The summed E-state index contributed by atoms with van der Waals surface area (Å²) < 4.78 is 5.35. The summed E-state index contributed by atoms with van der Waals surface area (Å²) in [6, 6.07) is 1.98. The van der Waals surface area contributed by atoms with Crippen molar-refractivity contribution in [1.29, 1.82) is 0 Å². The smallest absolute Gasteiger partial charge is 0.104 e. The van der Waals surface area contributed by atoms with Gasteiger partial charge in [0.2, 0.25) is 0 Å². The van der Waals surface area contributed by atoms with E-state index in [-0.39, 0.29) is 0 Å². The van der Waals surface area contributed by atoms with Crippen molar-refractivity contribution in [3.8, 4) is 0 Å². The summed E-state index contributed by atoms with van der Waals surface area (Å²) in [5, 5.41) is 9.56. The Bertz CT molecular complexity index is 266. The van der Waals surface area contributed by atoms with E-state index < -0.39 is 5.60 Å². The molecular formula is C10H16O2. The zero-order chi connectivity index (χ0) is 9.35. The van der Waals surface area contributed by atoms with E-state index in [0.717, 1.165) is 17.1 Å². The monoisotopic (exact) mass is 168 g/mol. The van der Waals surface area contributed by atoms with Crippen LogP contribution in [0.2, 0.25) is 0 Å². The molecular weight excluding hydrogens is 152 g/mol. The quantitative estimate of drug-likeness (QED) is 0.734. The van der Waals surface area contributed by atoms with Gasteiger partial charge in [0.05, 0.1) is 5.60 Å². The standard InChI is InChI=1S/C10H16O2/c1-7-5-9(8(2)12-7)6-10(3,4)11/h5,11H,6H2,1-4H3. The summed E-state index contributed by atoms with van der Waals surface area (Å²) in [5.41, 5.74) is 0.446. The van der Waals surface area contributed by atoms with Gasteiger partial charge in [-0.3, -0.25) is 0 Å². The molecule has 0 aliphatic rings. The normalized spacial score (nSPS) is 12.1. The molecule has 2 nitrogen and oxygen atoms in total. The van der Waals surface area contributed by atoms with Crippen molar-refractivity contribution in [1.82, 2.24) is 0 Å². The van der Waals surface area contributed by atoms with Crippen LogP contribution >= 0.6 is 0 Å². The first-order valence-corrected chi connectivity index (χ1v) is 4.17. The third kappa shape index (κ3) is 2.38. The molecule has 0 amide bonds. The summed E-state index contributed by atoms with van der Waals surface area (Å²) in [6.45, 7) is 7.44. The van der Waals surface area contributed by atoms with Gasteiger partial charge in [-0.15, -0.1) is 0 Å². The maximum atomic E-state index is 9.56. The van der Waals surface area contributed by atoms with Crippen LogP contribution in [-0.2, 0) is 6.42 Å². The average Bonchev–Trinajstić information content (AvgIpc) is 2.06. The first-order valence-electron chi connectivity index (χ1n) is 4.17. The van der Waals surface area contributed by atoms with Gasteiger partial charge < -0.3 is 9.52 Å². The summed E-state index contributed by atoms with van der Waals surface area (Å²) >= 11 is 0. The lowest BCUT2D eigenvalue weighted by Crippen LogP contribution is -2.21. The molecule has 68 valence electrons. The number of hydrogen-bond acceptors (Lipinski definition) is 2. The highest BCUT2D eigenvalue weighted by Crippen LogP contribution is 2.19. The fourth-order valence-electron chi connectivity index (χ4n) is 1.33. The molecule has 0 aromatic carbocycles. The lowest BCUT2D eigenvalue weighted by molar-refractivity contribution is 0.0806. The van der Waals surface area contributed by atoms with Crippen LogP contribution in [0.5, 0.6) is 0 Å². The molecule has 0 saturated heterocycles. The lowest BCUT2D eigenvalue weighted by Gasteiger charge is -2.15. The van der Waals surface area contributed by atoms with Crippen molar-refractivity contribution in [3.05, 3.63) is 23.2 Å². The van der Waals surface area contributed by atoms with Crippen molar-refractivity contribution < 1.29 is 9.52 Å². The van der Waals surface area contributed by atoms with Gasteiger partial charge in [0.1, 0.15) is 11.5 Å². The van der Waals surface area contributed by atoms with Crippen LogP contribution < -0.4 is 0 Å². The number of furan rings is 1. The van der Waals surface area contributed by atoms with Crippen molar-refractivity contribution in [2.75, 3.05) is 0 Å². The Labute approximate surface area is 73.2 Å². The largest absolute Gasteiger partial charge is 0.466 e. The molecule has 0 atom stereocenters. The molecule has 1 rings (SSSR count). The minimum atomic E-state index is -0.652. The predicted octanol–water partition coefficient (Wildman–Crippen LogP) is 2.21. The molecule has 0 unspecified atom stereocenters. The van der Waals surface area contributed by atoms with Crippen molar-refractivity contribution in [3.63, 3.8) is 0 Å². The van der Waals surface area contributed by atoms with E-state index in [1.165, 1.54) is 0 Å². The van der Waals surface area contributed by atoms with Gasteiger partial charge in [-0.1, -0.05) is 0 Å². The molecule has 12 heavy (non-hydrogen) atoms. The Kier molecular flexibility index (Phi) is 2.29. The molecule has 0 aliphatic heterocycles. The third-order valence-corrected chi connectivity index (χ3v) is 1.77. The van der Waals surface area contributed by atoms with E-state index >= 15 is 0 Å². The third-order valence-electron chi connectivity index (χ3n) is 1.77. The van der Waals surface area contributed by atoms with Crippen LogP contribution in [-0.4, -0.2) is 10.7 Å². The second-order valence-electron chi connectivity index (χ2n) is 3.93. The number of hydrogen-bond donors (Lipinski definition) is 1. The van der Waals surface area contributed by atoms with E-state index in [9.17, 15) is 5.11 Å². The molecule has 1 N–H and O–H groups in total. The van der Waals surface area contributed by atoms with Gasteiger partial charge in [0.25, 0.3) is 0 Å². The maximum absolute atomic E-state index is 9.56. The van der Waals surface area contributed by atoms with Crippen molar-refractivity contribution in [2.24, 2.45) is 0 Å². The van der Waals surface area contributed by atoms with Gasteiger partial charge >= 0.3 is 0 Å². The zero-order valence-corrected chi connectivity index (χ0v) is 8.14. The van der Waals surface area contributed by atoms with Crippen LogP contribution in [0.4, 0.5) is 0 Å². The van der Waals surface area contributed by atoms with Gasteiger partial charge in [0.15, 0.2) is 0 Å². The number of aryl methyl sites for hydroxylation is 2. The lowest BCUT2D eigenvalue weighted by atomic mass is 9.99. The Morgan fingerprint density at radius 2 is 2.00 bits per heavy atom. The van der Waals surface area contributed by atoms with Gasteiger partial charge in [0, 0.05) is 6.42 Å². The topological polar surface area (TPSA) is 33.4 Å². The average molecular weight is 168 g/mol. The first kappa shape index (κ1) is 9.33. The molecule has 0 radical (unpaired) electrons. The second-order valence-corrected chi connectivity index (χ2v) is 3.93. The maximum Gasteiger partial charge on any atom is 0.104 e. The minimum absolute atomic E-state index is 0.649. The number of rotatable bonds is 2. The van der Waals surface area contributed by atoms with Crippen LogP contribution in [0.1, 0.15) is 30.9 Å². The molecule has 0 spiro atoms. The number of aliphatic hydroxyl groups is 1. The van der Waals surface area contributed by atoms with E-state index in [1.54, 1.807) is 13.8 Å². The molecule has 0 saturated carbocycles. The van der Waals surface area contributed by atoms with E-state index in [4.69, 9.17) is 4.42 Å². The summed E-state index contributed by atoms with van der Waals surface area (Å²) in [6.07, 6.45) is 0.649. The summed E-state index contributed by atoms with van der Waals surface area (Å²) in [7, 11) is 0. The Hall–Kier alpha value is -0.760. The Balaban J connectivity index is 2.82. The Morgan fingerprint density at radius 3 is 2.33 bits per heavy atom. The SMILES string of the molecule is Cc1cc(CC(C)(C)O)c(C)o1. The molecule has 0 fully saturated rings. The van der Waals surface area contributed by atoms with Crippen LogP contribution in [0.25, 0.3) is 0 Å². The van der Waals surface area contributed by atoms with E-state index in [0.29, 0.717) is 6.42 Å².